The van der Waals surface area contributed by atoms with E-state index in [1.54, 1.807) is 24.3 Å². The van der Waals surface area contributed by atoms with Gasteiger partial charge in [0, 0.05) is 39.8 Å². The van der Waals surface area contributed by atoms with Crippen molar-refractivity contribution in [3.8, 4) is 0 Å². The molecule has 0 atom stereocenters. The molecule has 0 spiro atoms. The van der Waals surface area contributed by atoms with Gasteiger partial charge in [-0.05, 0) is 11.8 Å². The summed E-state index contributed by atoms with van der Waals surface area (Å²) < 4.78 is 14.5. The van der Waals surface area contributed by atoms with Crippen LogP contribution in [0.1, 0.15) is 5.56 Å². The van der Waals surface area contributed by atoms with Gasteiger partial charge < -0.3 is 4.90 Å². The van der Waals surface area contributed by atoms with Crippen LogP contribution in [-0.4, -0.2) is 11.9 Å². The van der Waals surface area contributed by atoms with Crippen LogP contribution < -0.4 is 0 Å². The number of nitrogens with zero attached hydrogens (tertiary/aromatic N) is 1. The molecule has 0 bridgehead atoms. The summed E-state index contributed by atoms with van der Waals surface area (Å²) in [5, 5.41) is 0. The third-order valence-corrected chi connectivity index (χ3v) is 3.17. The molecule has 0 amide bonds. The summed E-state index contributed by atoms with van der Waals surface area (Å²) in [4.78, 5) is 1.81. The number of halogens is 2. The minimum atomic E-state index is -0.254. The molecule has 1 nitrogen and oxygen atoms in total. The Kier molecular flexibility index (Phi) is 5.30. The normalized spacial score (nSPS) is 15.0. The monoisotopic (exact) mass is 367 g/mol. The summed E-state index contributed by atoms with van der Waals surface area (Å²) in [6.45, 7) is 3.91. The zero-order valence-electron chi connectivity index (χ0n) is 9.37. The molecule has 1 aliphatic rings. The molecule has 1 heterocycles. The van der Waals surface area contributed by atoms with E-state index < -0.39 is 0 Å². The first-order chi connectivity index (χ1) is 7.61. The molecule has 4 heteroatoms. The molecular weight excluding hydrogens is 358 g/mol. The zero-order valence-corrected chi connectivity index (χ0v) is 13.8. The van der Waals surface area contributed by atoms with Gasteiger partial charge >= 0.3 is 0 Å². The van der Waals surface area contributed by atoms with Crippen LogP contribution >= 0.6 is 15.9 Å². The zero-order chi connectivity index (χ0) is 11.7. The average Bonchev–Trinajstić information content (AvgIpc) is 2.28. The molecule has 0 saturated heterocycles. The topological polar surface area (TPSA) is 3.24 Å². The van der Waals surface area contributed by atoms with Crippen LogP contribution in [0.4, 0.5) is 4.39 Å². The molecule has 0 saturated carbocycles. The number of hydrogen-bond donors (Lipinski definition) is 0. The van der Waals surface area contributed by atoms with Gasteiger partial charge in [0.15, 0.2) is 0 Å². The van der Waals surface area contributed by atoms with Crippen molar-refractivity contribution >= 4 is 21.6 Å². The Hall–Kier alpha value is -0.246. The summed E-state index contributed by atoms with van der Waals surface area (Å²) in [7, 11) is 1.84. The number of hydrogen-bond acceptors (Lipinski definition) is 1. The Morgan fingerprint density at radius 1 is 1.35 bits per heavy atom. The van der Waals surface area contributed by atoms with E-state index in [9.17, 15) is 4.39 Å². The van der Waals surface area contributed by atoms with Gasteiger partial charge in [0.05, 0.1) is 5.82 Å². The fourth-order valence-electron chi connectivity index (χ4n) is 1.52. The second-order valence-electron chi connectivity index (χ2n) is 3.47. The Morgan fingerprint density at radius 2 is 2.00 bits per heavy atom. The standard InChI is InChI=1S/C13H10BrFN.Y/c1-9-11(14)7-8-13(16(9)2)10-5-3-4-6-12(10)15;/h3-7H,1H2,2H3;/q-1;. The van der Waals surface area contributed by atoms with E-state index in [1.165, 1.54) is 6.07 Å². The first kappa shape index (κ1) is 14.8. The Balaban J connectivity index is 0.00000144. The second-order valence-corrected chi connectivity index (χ2v) is 4.33. The summed E-state index contributed by atoms with van der Waals surface area (Å²) >= 11 is 3.36. The minimum Gasteiger partial charge on any atom is -0.377 e. The largest absolute Gasteiger partial charge is 0.377 e. The minimum absolute atomic E-state index is 0. The van der Waals surface area contributed by atoms with Crippen LogP contribution in [0.25, 0.3) is 5.70 Å². The summed E-state index contributed by atoms with van der Waals surface area (Å²) in [5.41, 5.74) is 2.01. The molecular formula is C13H10BrFNY-. The molecule has 2 rings (SSSR count). The predicted molar refractivity (Wildman–Crippen MR) is 67.0 cm³/mol. The smallest absolute Gasteiger partial charge is 0.0781 e. The quantitative estimate of drug-likeness (QED) is 0.684. The van der Waals surface area contributed by atoms with E-state index in [-0.39, 0.29) is 38.5 Å². The van der Waals surface area contributed by atoms with E-state index in [2.05, 4.69) is 28.6 Å². The fraction of sp³-hybridized carbons (Fsp3) is 0.0769. The number of benzene rings is 1. The van der Waals surface area contributed by atoms with Crippen molar-refractivity contribution in [3.05, 3.63) is 64.6 Å². The maximum atomic E-state index is 13.6. The van der Waals surface area contributed by atoms with Crippen molar-refractivity contribution in [2.24, 2.45) is 0 Å². The van der Waals surface area contributed by atoms with E-state index in [0.29, 0.717) is 11.3 Å². The summed E-state index contributed by atoms with van der Waals surface area (Å²) in [5.74, 6) is -0.254. The molecule has 1 radical (unpaired) electrons. The summed E-state index contributed by atoms with van der Waals surface area (Å²) in [6, 6.07) is 6.64. The van der Waals surface area contributed by atoms with Gasteiger partial charge in [0.2, 0.25) is 0 Å². The molecule has 0 aliphatic carbocycles. The average molecular weight is 368 g/mol. The van der Waals surface area contributed by atoms with Gasteiger partial charge in [-0.15, -0.1) is 22.0 Å². The first-order valence-corrected chi connectivity index (χ1v) is 5.57. The van der Waals surface area contributed by atoms with E-state index in [0.717, 1.165) is 10.2 Å². The first-order valence-electron chi connectivity index (χ1n) is 4.78. The third kappa shape index (κ3) is 2.96. The van der Waals surface area contributed by atoms with E-state index >= 15 is 0 Å². The van der Waals surface area contributed by atoms with Gasteiger partial charge in [-0.3, -0.25) is 0 Å². The van der Waals surface area contributed by atoms with E-state index in [1.807, 2.05) is 11.9 Å². The van der Waals surface area contributed by atoms with Gasteiger partial charge in [-0.2, -0.15) is 12.2 Å². The molecule has 85 valence electrons. The second kappa shape index (κ2) is 6.08. The van der Waals surface area contributed by atoms with Crippen LogP contribution in [-0.2, 0) is 32.7 Å². The number of allylic oxidation sites excluding steroid dienone is 3. The van der Waals surface area contributed by atoms with Crippen molar-refractivity contribution in [1.29, 1.82) is 0 Å². The van der Waals surface area contributed by atoms with Crippen molar-refractivity contribution in [2.45, 2.75) is 0 Å². The fourth-order valence-corrected chi connectivity index (χ4v) is 1.90. The maximum Gasteiger partial charge on any atom is 0.0781 e. The van der Waals surface area contributed by atoms with E-state index in [4.69, 9.17) is 0 Å². The Bertz CT molecular complexity index is 508. The molecule has 0 aromatic heterocycles. The maximum absolute atomic E-state index is 13.6. The van der Waals surface area contributed by atoms with Crippen LogP contribution in [0.3, 0.4) is 0 Å². The van der Waals surface area contributed by atoms with Crippen molar-refractivity contribution in [3.63, 3.8) is 0 Å². The van der Waals surface area contributed by atoms with Gasteiger partial charge in [0.1, 0.15) is 0 Å². The van der Waals surface area contributed by atoms with Crippen molar-refractivity contribution < 1.29 is 37.1 Å². The Morgan fingerprint density at radius 3 is 2.65 bits per heavy atom. The molecule has 1 aromatic carbocycles. The predicted octanol–water partition coefficient (Wildman–Crippen LogP) is 3.71. The molecule has 0 unspecified atom stereocenters. The van der Waals surface area contributed by atoms with Crippen molar-refractivity contribution in [2.75, 3.05) is 7.05 Å². The Labute approximate surface area is 134 Å². The van der Waals surface area contributed by atoms with Crippen LogP contribution in [0.5, 0.6) is 0 Å². The molecule has 1 aromatic rings. The number of likely N-dealkylation sites (N-methyl/N-ethyl adjacent to an activating group) is 1. The summed E-state index contributed by atoms with van der Waals surface area (Å²) in [6.07, 6.45) is 4.79. The molecule has 17 heavy (non-hydrogen) atoms. The van der Waals surface area contributed by atoms with Crippen molar-refractivity contribution in [1.82, 2.24) is 4.90 Å². The number of rotatable bonds is 1. The van der Waals surface area contributed by atoms with Gasteiger partial charge in [0.25, 0.3) is 0 Å². The van der Waals surface area contributed by atoms with Crippen LogP contribution in [0.15, 0.2) is 47.1 Å². The molecule has 0 fully saturated rings. The third-order valence-electron chi connectivity index (χ3n) is 2.48. The van der Waals surface area contributed by atoms with Crippen LogP contribution in [0, 0.1) is 11.9 Å². The SMILES string of the molecule is C=C1C(Br)=C[C-]=C(c2ccccc2F)N1C.[Y]. The van der Waals surface area contributed by atoms with Crippen LogP contribution in [0.2, 0.25) is 0 Å². The molecule has 0 N–H and O–H groups in total. The van der Waals surface area contributed by atoms with Gasteiger partial charge in [-0.25, -0.2) is 4.39 Å². The molecule has 1 aliphatic heterocycles. The van der Waals surface area contributed by atoms with Gasteiger partial charge in [-0.1, -0.05) is 34.5 Å².